The molecule has 20 heavy (non-hydrogen) atoms. The van der Waals surface area contributed by atoms with E-state index < -0.39 is 6.10 Å². The molecule has 2 aromatic carbocycles. The van der Waals surface area contributed by atoms with Crippen molar-refractivity contribution < 1.29 is 9.50 Å². The lowest BCUT2D eigenvalue weighted by Crippen LogP contribution is -2.03. The topological polar surface area (TPSA) is 20.2 Å². The zero-order chi connectivity index (χ0) is 14.7. The van der Waals surface area contributed by atoms with Crippen molar-refractivity contribution in [3.8, 4) is 0 Å². The maximum absolute atomic E-state index is 13.2. The van der Waals surface area contributed by atoms with E-state index in [1.807, 2.05) is 24.3 Å². The van der Waals surface area contributed by atoms with Gasteiger partial charge in [-0.1, -0.05) is 49.7 Å². The van der Waals surface area contributed by atoms with Crippen molar-refractivity contribution in [3.63, 3.8) is 0 Å². The molecule has 0 aliphatic heterocycles. The van der Waals surface area contributed by atoms with Gasteiger partial charge in [-0.3, -0.25) is 0 Å². The first-order valence-electron chi connectivity index (χ1n) is 6.69. The molecule has 0 aliphatic rings. The first-order valence-corrected chi connectivity index (χ1v) is 7.07. The van der Waals surface area contributed by atoms with Crippen molar-refractivity contribution in [1.82, 2.24) is 0 Å². The Balaban J connectivity index is 2.15. The molecular weight excluding hydrogens is 275 g/mol. The standard InChI is InChI=1S/C17H18ClFO/c1-11(2)12-3-5-13(6-4-12)17(20)10-14-9-15(19)7-8-16(14)18/h3-9,11,17,20H,10H2,1-2H3. The quantitative estimate of drug-likeness (QED) is 0.851. The van der Waals surface area contributed by atoms with Crippen LogP contribution in [0.4, 0.5) is 4.39 Å². The monoisotopic (exact) mass is 292 g/mol. The Hall–Kier alpha value is -1.38. The van der Waals surface area contributed by atoms with Crippen LogP contribution in [0.3, 0.4) is 0 Å². The van der Waals surface area contributed by atoms with Crippen LogP contribution >= 0.6 is 11.6 Å². The molecule has 0 aliphatic carbocycles. The molecular formula is C17H18ClFO. The van der Waals surface area contributed by atoms with Crippen molar-refractivity contribution in [1.29, 1.82) is 0 Å². The summed E-state index contributed by atoms with van der Waals surface area (Å²) in [5.41, 5.74) is 2.66. The van der Waals surface area contributed by atoms with Gasteiger partial charge in [0.15, 0.2) is 0 Å². The molecule has 1 nitrogen and oxygen atoms in total. The molecule has 0 aromatic heterocycles. The molecule has 2 aromatic rings. The zero-order valence-electron chi connectivity index (χ0n) is 11.6. The molecule has 3 heteroatoms. The van der Waals surface area contributed by atoms with Gasteiger partial charge in [0.25, 0.3) is 0 Å². The van der Waals surface area contributed by atoms with Crippen LogP contribution in [0.1, 0.15) is 42.6 Å². The fourth-order valence-corrected chi connectivity index (χ4v) is 2.32. The number of benzene rings is 2. The van der Waals surface area contributed by atoms with Gasteiger partial charge in [-0.05, 0) is 40.8 Å². The van der Waals surface area contributed by atoms with E-state index in [0.29, 0.717) is 22.9 Å². The number of aliphatic hydroxyl groups is 1. The Kier molecular flexibility index (Phi) is 4.79. The largest absolute Gasteiger partial charge is 0.388 e. The summed E-state index contributed by atoms with van der Waals surface area (Å²) in [4.78, 5) is 0. The summed E-state index contributed by atoms with van der Waals surface area (Å²) in [6.07, 6.45) is -0.382. The minimum atomic E-state index is -0.685. The van der Waals surface area contributed by atoms with Gasteiger partial charge >= 0.3 is 0 Å². The van der Waals surface area contributed by atoms with E-state index >= 15 is 0 Å². The lowest BCUT2D eigenvalue weighted by Gasteiger charge is -2.14. The van der Waals surface area contributed by atoms with E-state index in [4.69, 9.17) is 11.6 Å². The molecule has 0 radical (unpaired) electrons. The van der Waals surface area contributed by atoms with Crippen LogP contribution in [0.25, 0.3) is 0 Å². The summed E-state index contributed by atoms with van der Waals surface area (Å²) in [7, 11) is 0. The van der Waals surface area contributed by atoms with E-state index in [1.165, 1.54) is 23.8 Å². The van der Waals surface area contributed by atoms with Crippen LogP contribution in [0.15, 0.2) is 42.5 Å². The lowest BCUT2D eigenvalue weighted by atomic mass is 9.97. The minimum absolute atomic E-state index is 0.303. The van der Waals surface area contributed by atoms with Gasteiger partial charge in [0.2, 0.25) is 0 Å². The van der Waals surface area contributed by atoms with Gasteiger partial charge in [0.05, 0.1) is 6.10 Å². The van der Waals surface area contributed by atoms with Crippen molar-refractivity contribution >= 4 is 11.6 Å². The van der Waals surface area contributed by atoms with Crippen molar-refractivity contribution in [2.24, 2.45) is 0 Å². The third-order valence-corrected chi connectivity index (χ3v) is 3.78. The Morgan fingerprint density at radius 1 is 1.05 bits per heavy atom. The lowest BCUT2D eigenvalue weighted by molar-refractivity contribution is 0.178. The SMILES string of the molecule is CC(C)c1ccc(C(O)Cc2cc(F)ccc2Cl)cc1. The average molecular weight is 293 g/mol. The van der Waals surface area contributed by atoms with Crippen LogP contribution in [-0.4, -0.2) is 5.11 Å². The molecule has 0 saturated carbocycles. The van der Waals surface area contributed by atoms with Crippen molar-refractivity contribution in [3.05, 3.63) is 70.0 Å². The molecule has 0 bridgehead atoms. The highest BCUT2D eigenvalue weighted by atomic mass is 35.5. The molecule has 0 amide bonds. The summed E-state index contributed by atoms with van der Waals surface area (Å²) in [6, 6.07) is 12.0. The second-order valence-corrected chi connectivity index (χ2v) is 5.68. The van der Waals surface area contributed by atoms with Gasteiger partial charge < -0.3 is 5.11 Å². The summed E-state index contributed by atoms with van der Waals surface area (Å²) in [5, 5.41) is 10.7. The van der Waals surface area contributed by atoms with Gasteiger partial charge in [-0.2, -0.15) is 0 Å². The summed E-state index contributed by atoms with van der Waals surface area (Å²) in [5.74, 6) is 0.116. The van der Waals surface area contributed by atoms with Crippen LogP contribution in [0.5, 0.6) is 0 Å². The van der Waals surface area contributed by atoms with Gasteiger partial charge in [0, 0.05) is 11.4 Å². The van der Waals surface area contributed by atoms with Gasteiger partial charge in [-0.25, -0.2) is 4.39 Å². The number of hydrogen-bond acceptors (Lipinski definition) is 1. The van der Waals surface area contributed by atoms with E-state index in [2.05, 4.69) is 13.8 Å². The number of hydrogen-bond donors (Lipinski definition) is 1. The first-order chi connectivity index (χ1) is 9.47. The molecule has 1 N–H and O–H groups in total. The van der Waals surface area contributed by atoms with Crippen LogP contribution in [-0.2, 0) is 6.42 Å². The Morgan fingerprint density at radius 3 is 2.25 bits per heavy atom. The highest BCUT2D eigenvalue weighted by Gasteiger charge is 2.12. The smallest absolute Gasteiger partial charge is 0.123 e. The highest BCUT2D eigenvalue weighted by molar-refractivity contribution is 6.31. The molecule has 0 fully saturated rings. The van der Waals surface area contributed by atoms with Crippen molar-refractivity contribution in [2.45, 2.75) is 32.3 Å². The van der Waals surface area contributed by atoms with Crippen LogP contribution in [0.2, 0.25) is 5.02 Å². The van der Waals surface area contributed by atoms with Crippen LogP contribution < -0.4 is 0 Å². The van der Waals surface area contributed by atoms with Gasteiger partial charge in [0.1, 0.15) is 5.82 Å². The average Bonchev–Trinajstić information content (AvgIpc) is 2.43. The fourth-order valence-electron chi connectivity index (χ4n) is 2.13. The van der Waals surface area contributed by atoms with Gasteiger partial charge in [-0.15, -0.1) is 0 Å². The third-order valence-electron chi connectivity index (χ3n) is 3.41. The second-order valence-electron chi connectivity index (χ2n) is 5.28. The number of halogens is 2. The zero-order valence-corrected chi connectivity index (χ0v) is 12.4. The Labute approximate surface area is 124 Å². The molecule has 2 rings (SSSR count). The maximum Gasteiger partial charge on any atom is 0.123 e. The molecule has 0 spiro atoms. The number of aliphatic hydroxyl groups excluding tert-OH is 1. The summed E-state index contributed by atoms with van der Waals surface area (Å²) < 4.78 is 13.2. The van der Waals surface area contributed by atoms with E-state index in [0.717, 1.165) is 5.56 Å². The third kappa shape index (κ3) is 3.59. The van der Waals surface area contributed by atoms with Crippen LogP contribution in [0, 0.1) is 5.82 Å². The normalized spacial score (nSPS) is 12.7. The maximum atomic E-state index is 13.2. The molecule has 106 valence electrons. The predicted octanol–water partition coefficient (Wildman–Crippen LogP) is 4.88. The summed E-state index contributed by atoms with van der Waals surface area (Å²) >= 11 is 6.02. The van der Waals surface area contributed by atoms with E-state index in [9.17, 15) is 9.50 Å². The van der Waals surface area contributed by atoms with E-state index in [-0.39, 0.29) is 5.82 Å². The van der Waals surface area contributed by atoms with E-state index in [1.54, 1.807) is 0 Å². The molecule has 0 heterocycles. The second kappa shape index (κ2) is 6.38. The minimum Gasteiger partial charge on any atom is -0.388 e. The fraction of sp³-hybridized carbons (Fsp3) is 0.294. The Morgan fingerprint density at radius 2 is 1.65 bits per heavy atom. The predicted molar refractivity (Wildman–Crippen MR) is 80.6 cm³/mol. The molecule has 1 atom stereocenters. The highest BCUT2D eigenvalue weighted by Crippen LogP contribution is 2.25. The number of rotatable bonds is 4. The van der Waals surface area contributed by atoms with Crippen molar-refractivity contribution in [2.75, 3.05) is 0 Å². The molecule has 0 saturated heterocycles. The molecule has 1 unspecified atom stereocenters. The first kappa shape index (κ1) is 15.0. The Bertz CT molecular complexity index is 578. The summed E-state index contributed by atoms with van der Waals surface area (Å²) in [6.45, 7) is 4.25.